The number of carbonyl (C=O) groups excluding carboxylic acids is 3. The smallest absolute Gasteiger partial charge is 0.308 e. The summed E-state index contributed by atoms with van der Waals surface area (Å²) < 4.78 is 13.2. The number of anilines is 2. The second kappa shape index (κ2) is 12.1. The van der Waals surface area contributed by atoms with Crippen molar-refractivity contribution in [3.63, 3.8) is 0 Å². The van der Waals surface area contributed by atoms with E-state index in [2.05, 4.69) is 21.2 Å². The van der Waals surface area contributed by atoms with Crippen molar-refractivity contribution in [2.24, 2.45) is 5.92 Å². The number of rotatable bonds is 7. The number of thiazole rings is 1. The van der Waals surface area contributed by atoms with Gasteiger partial charge in [0.2, 0.25) is 17.7 Å². The Labute approximate surface area is 280 Å². The van der Waals surface area contributed by atoms with Gasteiger partial charge in [0, 0.05) is 26.3 Å². The normalized spacial score (nSPS) is 18.8. The van der Waals surface area contributed by atoms with Gasteiger partial charge in [-0.15, -0.1) is 0 Å². The van der Waals surface area contributed by atoms with Gasteiger partial charge in [0.1, 0.15) is 11.8 Å². The van der Waals surface area contributed by atoms with Crippen LogP contribution in [0.25, 0.3) is 10.8 Å². The van der Waals surface area contributed by atoms with E-state index in [1.54, 1.807) is 36.4 Å². The summed E-state index contributed by atoms with van der Waals surface area (Å²) in [7, 11) is 3.06. The minimum atomic E-state index is -0.817. The van der Waals surface area contributed by atoms with E-state index in [4.69, 9.17) is 9.47 Å². The van der Waals surface area contributed by atoms with Gasteiger partial charge in [-0.25, -0.2) is 4.90 Å². The molecule has 0 saturated carbocycles. The van der Waals surface area contributed by atoms with Crippen LogP contribution in [-0.2, 0) is 20.9 Å². The number of nitrogens with zero attached hydrogens (tertiary/aromatic N) is 2. The quantitative estimate of drug-likeness (QED) is 0.198. The number of benzene rings is 4. The average Bonchev–Trinajstić information content (AvgIpc) is 3.51. The fourth-order valence-electron chi connectivity index (χ4n) is 6.17. The topological polar surface area (TPSA) is 107 Å². The number of amides is 3. The maximum Gasteiger partial charge on any atom is 0.308 e. The van der Waals surface area contributed by atoms with E-state index in [9.17, 15) is 19.2 Å². The van der Waals surface area contributed by atoms with Crippen LogP contribution in [-0.4, -0.2) is 41.8 Å². The molecule has 46 heavy (non-hydrogen) atoms. The third kappa shape index (κ3) is 5.10. The Kier molecular flexibility index (Phi) is 7.95. The van der Waals surface area contributed by atoms with Crippen LogP contribution < -0.4 is 24.6 Å². The maximum absolute atomic E-state index is 14.2. The number of methoxy groups -OCH3 is 2. The van der Waals surface area contributed by atoms with Crippen LogP contribution in [0.4, 0.5) is 11.4 Å². The van der Waals surface area contributed by atoms with E-state index in [0.29, 0.717) is 38.3 Å². The summed E-state index contributed by atoms with van der Waals surface area (Å²) in [6.07, 6.45) is 0. The fourth-order valence-corrected chi connectivity index (χ4v) is 9.21. The molecular weight excluding hydrogens is 690 g/mol. The summed E-state index contributed by atoms with van der Waals surface area (Å²) in [4.78, 5) is 56.7. The SMILES string of the molecule is COc1ccc([C@H]2c3sc(=O)n(CC(=O)Nc4cccc5ccccc45)c3SC3C(=O)N(c4ccc(Br)cc4)C(=O)C32)cc1OC. The van der Waals surface area contributed by atoms with E-state index in [1.807, 2.05) is 48.5 Å². The van der Waals surface area contributed by atoms with Crippen molar-refractivity contribution in [3.8, 4) is 11.5 Å². The number of ether oxygens (including phenoxy) is 2. The fraction of sp³-hybridized carbons (Fsp3) is 0.176. The first-order valence-electron chi connectivity index (χ1n) is 14.3. The largest absolute Gasteiger partial charge is 0.493 e. The number of halogens is 1. The molecule has 4 aromatic carbocycles. The highest BCUT2D eigenvalue weighted by Crippen LogP contribution is 2.54. The van der Waals surface area contributed by atoms with Crippen LogP contribution in [0, 0.1) is 5.92 Å². The third-order valence-corrected chi connectivity index (χ3v) is 11.4. The molecule has 2 unspecified atom stereocenters. The Balaban J connectivity index is 1.30. The van der Waals surface area contributed by atoms with Crippen molar-refractivity contribution >= 4 is 78.9 Å². The zero-order chi connectivity index (χ0) is 32.1. The molecule has 3 heterocycles. The number of carbonyl (C=O) groups is 3. The van der Waals surface area contributed by atoms with E-state index in [1.165, 1.54) is 35.4 Å². The lowest BCUT2D eigenvalue weighted by atomic mass is 9.83. The lowest BCUT2D eigenvalue weighted by Crippen LogP contribution is -2.33. The van der Waals surface area contributed by atoms with Crippen LogP contribution in [0.1, 0.15) is 16.4 Å². The minimum Gasteiger partial charge on any atom is -0.493 e. The van der Waals surface area contributed by atoms with Crippen molar-refractivity contribution in [2.45, 2.75) is 22.7 Å². The van der Waals surface area contributed by atoms with Gasteiger partial charge in [-0.05, 0) is 53.4 Å². The summed E-state index contributed by atoms with van der Waals surface area (Å²) in [6.45, 7) is -0.254. The number of nitrogens with one attached hydrogen (secondary N) is 1. The first kappa shape index (κ1) is 30.3. The lowest BCUT2D eigenvalue weighted by molar-refractivity contribution is -0.122. The van der Waals surface area contributed by atoms with Gasteiger partial charge in [0.15, 0.2) is 11.5 Å². The summed E-state index contributed by atoms with van der Waals surface area (Å²) in [5, 5.41) is 4.50. The summed E-state index contributed by atoms with van der Waals surface area (Å²) >= 11 is 5.58. The molecule has 2 aliphatic rings. The standard InChI is InChI=1S/C34H26BrN3O6S2/c1-43-24-15-10-19(16-25(24)44-2)27-28-29(32(41)38(31(28)40)21-13-11-20(35)12-14-21)45-33-30(27)46-34(42)37(33)17-26(39)36-23-9-5-7-18-6-3-4-8-22(18)23/h3-16,27-29H,17H2,1-2H3,(H,36,39)/t27-,28?,29?/m1/s1. The minimum absolute atomic E-state index is 0.254. The second-order valence-corrected chi connectivity index (χ2v) is 13.9. The molecule has 0 spiro atoms. The molecule has 7 rings (SSSR count). The Hall–Kier alpha value is -4.39. The molecular formula is C34H26BrN3O6S2. The third-order valence-electron chi connectivity index (χ3n) is 8.27. The van der Waals surface area contributed by atoms with Crippen molar-refractivity contribution in [2.75, 3.05) is 24.4 Å². The van der Waals surface area contributed by atoms with Gasteiger partial charge in [0.25, 0.3) is 0 Å². The molecule has 232 valence electrons. The monoisotopic (exact) mass is 715 g/mol. The maximum atomic E-state index is 14.2. The molecule has 0 radical (unpaired) electrons. The zero-order valence-corrected chi connectivity index (χ0v) is 27.8. The Morgan fingerprint density at radius 1 is 0.891 bits per heavy atom. The van der Waals surface area contributed by atoms with Crippen molar-refractivity contribution in [3.05, 3.63) is 110 Å². The van der Waals surface area contributed by atoms with Crippen molar-refractivity contribution in [1.82, 2.24) is 4.57 Å². The number of hydrogen-bond donors (Lipinski definition) is 1. The first-order chi connectivity index (χ1) is 22.3. The van der Waals surface area contributed by atoms with Crippen LogP contribution >= 0.6 is 39.0 Å². The number of thioether (sulfide) groups is 1. The van der Waals surface area contributed by atoms with Crippen LogP contribution in [0.5, 0.6) is 11.5 Å². The number of imide groups is 1. The van der Waals surface area contributed by atoms with Crippen LogP contribution in [0.3, 0.4) is 0 Å². The molecule has 1 fully saturated rings. The van der Waals surface area contributed by atoms with Gasteiger partial charge < -0.3 is 14.8 Å². The molecule has 1 N–H and O–H groups in total. The Morgan fingerprint density at radius 3 is 2.39 bits per heavy atom. The molecule has 5 aromatic rings. The highest BCUT2D eigenvalue weighted by Gasteiger charge is 2.57. The molecule has 3 amide bonds. The predicted octanol–water partition coefficient (Wildman–Crippen LogP) is 6.28. The highest BCUT2D eigenvalue weighted by atomic mass is 79.9. The molecule has 3 atom stereocenters. The molecule has 0 bridgehead atoms. The number of hydrogen-bond acceptors (Lipinski definition) is 8. The van der Waals surface area contributed by atoms with Gasteiger partial charge in [0.05, 0.1) is 30.9 Å². The lowest BCUT2D eigenvalue weighted by Gasteiger charge is -2.31. The Bertz CT molecular complexity index is 2090. The van der Waals surface area contributed by atoms with E-state index in [-0.39, 0.29) is 29.1 Å². The average molecular weight is 717 g/mol. The van der Waals surface area contributed by atoms with Crippen LogP contribution in [0.2, 0.25) is 0 Å². The van der Waals surface area contributed by atoms with Gasteiger partial charge in [-0.3, -0.25) is 23.7 Å². The van der Waals surface area contributed by atoms with Gasteiger partial charge in [-0.2, -0.15) is 0 Å². The van der Waals surface area contributed by atoms with Crippen molar-refractivity contribution in [1.29, 1.82) is 0 Å². The van der Waals surface area contributed by atoms with E-state index < -0.39 is 17.1 Å². The summed E-state index contributed by atoms with van der Waals surface area (Å²) in [5.74, 6) is -1.57. The van der Waals surface area contributed by atoms with Gasteiger partial charge in [-0.1, -0.05) is 81.5 Å². The number of fused-ring (bicyclic) bond motifs is 3. The molecule has 1 aromatic heterocycles. The molecule has 12 heteroatoms. The molecule has 0 aliphatic carbocycles. The second-order valence-electron chi connectivity index (χ2n) is 10.8. The van der Waals surface area contributed by atoms with Crippen molar-refractivity contribution < 1.29 is 23.9 Å². The predicted molar refractivity (Wildman–Crippen MR) is 182 cm³/mol. The van der Waals surface area contributed by atoms with Crippen LogP contribution in [0.15, 0.2) is 99.2 Å². The molecule has 2 aliphatic heterocycles. The zero-order valence-electron chi connectivity index (χ0n) is 24.6. The number of aromatic nitrogens is 1. The van der Waals surface area contributed by atoms with Gasteiger partial charge >= 0.3 is 4.87 Å². The van der Waals surface area contributed by atoms with E-state index in [0.717, 1.165) is 26.6 Å². The summed E-state index contributed by atoms with van der Waals surface area (Å²) in [6, 6.07) is 25.7. The molecule has 9 nitrogen and oxygen atoms in total. The Morgan fingerprint density at radius 2 is 1.63 bits per heavy atom. The summed E-state index contributed by atoms with van der Waals surface area (Å²) in [5.41, 5.74) is 1.80. The van der Waals surface area contributed by atoms with E-state index >= 15 is 0 Å². The molecule has 1 saturated heterocycles. The highest BCUT2D eigenvalue weighted by molar-refractivity contribution is 9.10. The first-order valence-corrected chi connectivity index (χ1v) is 16.8.